The highest BCUT2D eigenvalue weighted by atomic mass is 16.6. The topological polar surface area (TPSA) is 99.1 Å². The lowest BCUT2D eigenvalue weighted by molar-refractivity contribution is -0.166. The molecule has 1 saturated carbocycles. The Balaban J connectivity index is 3.00. The summed E-state index contributed by atoms with van der Waals surface area (Å²) < 4.78 is 15.3. The van der Waals surface area contributed by atoms with Crippen molar-refractivity contribution in [2.24, 2.45) is 17.3 Å². The molecular formula is C20H32O7. The van der Waals surface area contributed by atoms with E-state index in [-0.39, 0.29) is 19.8 Å². The molecule has 0 aliphatic heterocycles. The first kappa shape index (κ1) is 23.1. The number of unbranched alkanes of at least 4 members (excludes halogenated alkanes) is 2. The van der Waals surface area contributed by atoms with Crippen molar-refractivity contribution in [2.75, 3.05) is 19.8 Å². The van der Waals surface area contributed by atoms with Gasteiger partial charge in [0, 0.05) is 18.8 Å². The van der Waals surface area contributed by atoms with Crippen LogP contribution in [-0.4, -0.2) is 48.9 Å². The van der Waals surface area contributed by atoms with Crippen molar-refractivity contribution in [1.29, 1.82) is 0 Å². The lowest BCUT2D eigenvalue weighted by Gasteiger charge is -2.15. The monoisotopic (exact) mass is 384 g/mol. The lowest BCUT2D eigenvalue weighted by atomic mass is 10.0. The van der Waals surface area contributed by atoms with E-state index in [1.165, 1.54) is 6.92 Å². The molecule has 1 aliphatic rings. The van der Waals surface area contributed by atoms with Crippen LogP contribution < -0.4 is 0 Å². The molecule has 0 aromatic rings. The van der Waals surface area contributed by atoms with E-state index in [9.17, 15) is 19.5 Å². The molecule has 0 radical (unpaired) electrons. The fourth-order valence-corrected chi connectivity index (χ4v) is 3.32. The van der Waals surface area contributed by atoms with E-state index in [2.05, 4.69) is 6.92 Å². The minimum atomic E-state index is -1.53. The van der Waals surface area contributed by atoms with Gasteiger partial charge in [0.1, 0.15) is 0 Å². The van der Waals surface area contributed by atoms with Gasteiger partial charge in [-0.3, -0.25) is 14.4 Å². The van der Waals surface area contributed by atoms with Crippen molar-refractivity contribution in [3.05, 3.63) is 12.2 Å². The molecule has 7 nitrogen and oxygen atoms in total. The van der Waals surface area contributed by atoms with Gasteiger partial charge >= 0.3 is 17.9 Å². The average Bonchev–Trinajstić information content (AvgIpc) is 3.27. The predicted molar refractivity (Wildman–Crippen MR) is 98.6 cm³/mol. The molecule has 0 saturated heterocycles. The Kier molecular flexibility index (Phi) is 9.49. The number of hydrogen-bond acceptors (Lipinski definition) is 7. The Hall–Kier alpha value is -1.89. The van der Waals surface area contributed by atoms with Gasteiger partial charge in [0.2, 0.25) is 0 Å². The first-order chi connectivity index (χ1) is 12.9. The maximum Gasteiger partial charge on any atom is 0.324 e. The molecule has 0 spiro atoms. The molecule has 0 bridgehead atoms. The summed E-state index contributed by atoms with van der Waals surface area (Å²) in [5.74, 6) is -2.98. The van der Waals surface area contributed by atoms with Crippen LogP contribution in [0.15, 0.2) is 12.2 Å². The number of rotatable bonds is 12. The highest BCUT2D eigenvalue weighted by Gasteiger charge is 2.76. The van der Waals surface area contributed by atoms with Crippen LogP contribution in [0.2, 0.25) is 0 Å². The number of carbonyl (C=O) groups is 3. The molecule has 0 heterocycles. The van der Waals surface area contributed by atoms with Crippen LogP contribution in [-0.2, 0) is 28.6 Å². The summed E-state index contributed by atoms with van der Waals surface area (Å²) in [5, 5.41) is 10.1. The van der Waals surface area contributed by atoms with E-state index in [0.717, 1.165) is 19.3 Å². The summed E-state index contributed by atoms with van der Waals surface area (Å²) in [7, 11) is 0. The van der Waals surface area contributed by atoms with E-state index in [4.69, 9.17) is 14.2 Å². The first-order valence-corrected chi connectivity index (χ1v) is 9.70. The summed E-state index contributed by atoms with van der Waals surface area (Å²) in [6, 6.07) is 0. The van der Waals surface area contributed by atoms with Crippen molar-refractivity contribution >= 4 is 17.9 Å². The number of aliphatic hydroxyl groups is 1. The van der Waals surface area contributed by atoms with Crippen molar-refractivity contribution < 1.29 is 33.7 Å². The number of aliphatic hydroxyl groups excluding tert-OH is 1. The van der Waals surface area contributed by atoms with Crippen molar-refractivity contribution in [1.82, 2.24) is 0 Å². The van der Waals surface area contributed by atoms with Crippen LogP contribution in [0.5, 0.6) is 0 Å². The maximum absolute atomic E-state index is 12.6. The first-order valence-electron chi connectivity index (χ1n) is 9.70. The molecule has 1 unspecified atom stereocenters. The van der Waals surface area contributed by atoms with Crippen molar-refractivity contribution in [3.8, 4) is 0 Å². The second-order valence-corrected chi connectivity index (χ2v) is 6.69. The molecule has 0 amide bonds. The number of hydrogen-bond donors (Lipinski definition) is 1. The van der Waals surface area contributed by atoms with Crippen LogP contribution in [0.3, 0.4) is 0 Å². The quantitative estimate of drug-likeness (QED) is 0.181. The van der Waals surface area contributed by atoms with Crippen molar-refractivity contribution in [3.63, 3.8) is 0 Å². The van der Waals surface area contributed by atoms with Gasteiger partial charge in [-0.2, -0.15) is 0 Å². The fourth-order valence-electron chi connectivity index (χ4n) is 3.32. The van der Waals surface area contributed by atoms with Gasteiger partial charge in [-0.15, -0.1) is 0 Å². The second-order valence-electron chi connectivity index (χ2n) is 6.69. The van der Waals surface area contributed by atoms with E-state index < -0.39 is 41.3 Å². The third-order valence-corrected chi connectivity index (χ3v) is 4.77. The van der Waals surface area contributed by atoms with E-state index >= 15 is 0 Å². The molecule has 154 valence electrons. The Morgan fingerprint density at radius 2 is 1.63 bits per heavy atom. The molecule has 1 fully saturated rings. The standard InChI is InChI=1S/C20H32O7/c1-5-8-9-10-15(22)11-12-16-17(13-27-14(4)21)20(16,18(23)25-6-2)19(24)26-7-3/h11-12,15-17,22H,5-10,13H2,1-4H3/b12-11+/t15?,16-,17-/m1/s1. The summed E-state index contributed by atoms with van der Waals surface area (Å²) in [6.07, 6.45) is 6.17. The number of allylic oxidation sites excluding steroid dienone is 1. The SMILES string of the molecule is CCCCCC(O)/C=C/[C@@H]1[C@@H](COC(C)=O)C1(C(=O)OCC)C(=O)OCC. The molecule has 1 N–H and O–H groups in total. The second kappa shape index (κ2) is 11.1. The van der Waals surface area contributed by atoms with Gasteiger partial charge in [-0.1, -0.05) is 38.3 Å². The molecule has 0 aromatic carbocycles. The van der Waals surface area contributed by atoms with Crippen LogP contribution >= 0.6 is 0 Å². The van der Waals surface area contributed by atoms with E-state index in [1.807, 2.05) is 0 Å². The van der Waals surface area contributed by atoms with Gasteiger partial charge < -0.3 is 19.3 Å². The number of esters is 3. The summed E-state index contributed by atoms with van der Waals surface area (Å²) in [5.41, 5.74) is -1.53. The van der Waals surface area contributed by atoms with Gasteiger partial charge in [-0.25, -0.2) is 0 Å². The fraction of sp³-hybridized carbons (Fsp3) is 0.750. The van der Waals surface area contributed by atoms with Crippen LogP contribution in [0.25, 0.3) is 0 Å². The number of carbonyl (C=O) groups excluding carboxylic acids is 3. The predicted octanol–water partition coefficient (Wildman–Crippen LogP) is 2.41. The third kappa shape index (κ3) is 5.79. The maximum atomic E-state index is 12.6. The average molecular weight is 384 g/mol. The van der Waals surface area contributed by atoms with E-state index in [0.29, 0.717) is 6.42 Å². The van der Waals surface area contributed by atoms with Gasteiger partial charge in [-0.05, 0) is 20.3 Å². The Morgan fingerprint density at radius 3 is 2.11 bits per heavy atom. The van der Waals surface area contributed by atoms with Crippen LogP contribution in [0.1, 0.15) is 53.4 Å². The Morgan fingerprint density at radius 1 is 1.04 bits per heavy atom. The molecule has 1 rings (SSSR count). The zero-order valence-electron chi connectivity index (χ0n) is 16.7. The Labute approximate surface area is 161 Å². The summed E-state index contributed by atoms with van der Waals surface area (Å²) in [4.78, 5) is 36.4. The zero-order valence-corrected chi connectivity index (χ0v) is 16.7. The minimum absolute atomic E-state index is 0.0894. The molecule has 27 heavy (non-hydrogen) atoms. The summed E-state index contributed by atoms with van der Waals surface area (Å²) >= 11 is 0. The highest BCUT2D eigenvalue weighted by Crippen LogP contribution is 2.61. The minimum Gasteiger partial charge on any atom is -0.466 e. The van der Waals surface area contributed by atoms with Crippen LogP contribution in [0, 0.1) is 17.3 Å². The van der Waals surface area contributed by atoms with Crippen LogP contribution in [0.4, 0.5) is 0 Å². The molecular weight excluding hydrogens is 352 g/mol. The molecule has 1 aliphatic carbocycles. The van der Waals surface area contributed by atoms with Gasteiger partial charge in [0.25, 0.3) is 0 Å². The highest BCUT2D eigenvalue weighted by molar-refractivity contribution is 6.05. The molecule has 3 atom stereocenters. The molecule has 0 aromatic heterocycles. The summed E-state index contributed by atoms with van der Waals surface area (Å²) in [6.45, 7) is 6.81. The number of ether oxygens (including phenoxy) is 3. The zero-order chi connectivity index (χ0) is 20.4. The largest absolute Gasteiger partial charge is 0.466 e. The normalized spacial score (nSPS) is 21.5. The third-order valence-electron chi connectivity index (χ3n) is 4.77. The smallest absolute Gasteiger partial charge is 0.324 e. The van der Waals surface area contributed by atoms with Gasteiger partial charge in [0.15, 0.2) is 5.41 Å². The lowest BCUT2D eigenvalue weighted by Crippen LogP contribution is -2.34. The van der Waals surface area contributed by atoms with Gasteiger partial charge in [0.05, 0.1) is 25.9 Å². The van der Waals surface area contributed by atoms with Crippen molar-refractivity contribution in [2.45, 2.75) is 59.5 Å². The van der Waals surface area contributed by atoms with E-state index in [1.54, 1.807) is 26.0 Å². The molecule has 7 heteroatoms. The Bertz CT molecular complexity index is 522.